The maximum atomic E-state index is 13.6. The van der Waals surface area contributed by atoms with Crippen LogP contribution in [0.1, 0.15) is 18.1 Å². The van der Waals surface area contributed by atoms with Gasteiger partial charge in [-0.1, -0.05) is 6.07 Å². The van der Waals surface area contributed by atoms with Gasteiger partial charge >= 0.3 is 12.1 Å². The fourth-order valence-electron chi connectivity index (χ4n) is 1.39. The molecule has 0 radical (unpaired) electrons. The Bertz CT molecular complexity index is 603. The Morgan fingerprint density at radius 1 is 1.41 bits per heavy atom. The number of rotatable bonds is 2. The Kier molecular flexibility index (Phi) is 6.85. The molecule has 0 saturated heterocycles. The van der Waals surface area contributed by atoms with Gasteiger partial charge in [0, 0.05) is 11.1 Å². The van der Waals surface area contributed by atoms with Crippen LogP contribution < -0.4 is 11.2 Å². The second kappa shape index (κ2) is 7.64. The average molecular weight is 342 g/mol. The number of guanidine groups is 1. The van der Waals surface area contributed by atoms with Crippen LogP contribution in [0.5, 0.6) is 0 Å². The van der Waals surface area contributed by atoms with Crippen molar-refractivity contribution < 1.29 is 27.2 Å². The lowest BCUT2D eigenvalue weighted by Gasteiger charge is -2.11. The molecule has 0 fully saturated rings. The minimum absolute atomic E-state index is 0. The van der Waals surface area contributed by atoms with Crippen molar-refractivity contribution in [3.8, 4) is 0 Å². The second-order valence-electron chi connectivity index (χ2n) is 3.93. The summed E-state index contributed by atoms with van der Waals surface area (Å²) in [5.74, 6) is -2.89. The number of nitrogens with two attached hydrogens (primary N) is 1. The van der Waals surface area contributed by atoms with Gasteiger partial charge in [-0.2, -0.15) is 18.7 Å². The number of benzene rings is 1. The molecule has 5 nitrogen and oxygen atoms in total. The molecule has 0 bridgehead atoms. The zero-order chi connectivity index (χ0) is 16.2. The number of hydroxylamine groups is 1. The molecule has 1 aromatic carbocycles. The topological polar surface area (TPSA) is 88.2 Å². The van der Waals surface area contributed by atoms with Crippen LogP contribution in [0.3, 0.4) is 0 Å². The van der Waals surface area contributed by atoms with Crippen molar-refractivity contribution in [2.45, 2.75) is 13.1 Å². The van der Waals surface area contributed by atoms with E-state index in [0.29, 0.717) is 12.1 Å². The molecule has 0 heterocycles. The number of hydrogen-bond acceptors (Lipinski definition) is 3. The summed E-state index contributed by atoms with van der Waals surface area (Å²) in [6.07, 6.45) is -4.06. The molecular formula is C12H12ClF4N3O2. The lowest BCUT2D eigenvalue weighted by atomic mass is 10.0. The van der Waals surface area contributed by atoms with Crippen LogP contribution in [0, 0.1) is 11.2 Å². The Labute approximate surface area is 129 Å². The molecule has 122 valence electrons. The van der Waals surface area contributed by atoms with E-state index < -0.39 is 35.0 Å². The van der Waals surface area contributed by atoms with Crippen molar-refractivity contribution in [2.24, 2.45) is 5.73 Å². The van der Waals surface area contributed by atoms with E-state index in [4.69, 9.17) is 11.1 Å². The molecule has 0 amide bonds. The van der Waals surface area contributed by atoms with Crippen LogP contribution in [0.25, 0.3) is 6.08 Å². The van der Waals surface area contributed by atoms with Gasteiger partial charge in [-0.25, -0.2) is 9.18 Å². The largest absolute Gasteiger partial charge is 0.417 e. The number of halogens is 5. The molecular weight excluding hydrogens is 330 g/mol. The first-order valence-corrected chi connectivity index (χ1v) is 5.48. The SMILES string of the molecule is C/C(=C\c1c(F)cccc1C(F)(F)F)C(=O)ONC(=N)N.Cl. The minimum Gasteiger partial charge on any atom is -0.368 e. The molecule has 0 atom stereocenters. The molecule has 0 aliphatic rings. The van der Waals surface area contributed by atoms with Gasteiger partial charge in [0.15, 0.2) is 0 Å². The summed E-state index contributed by atoms with van der Waals surface area (Å²) in [6, 6.07) is 2.45. The van der Waals surface area contributed by atoms with Crippen LogP contribution in [0.2, 0.25) is 0 Å². The van der Waals surface area contributed by atoms with E-state index in [0.717, 1.165) is 19.1 Å². The molecule has 1 aromatic rings. The third-order valence-corrected chi connectivity index (χ3v) is 2.29. The molecule has 0 saturated carbocycles. The highest BCUT2D eigenvalue weighted by Gasteiger charge is 2.34. The summed E-state index contributed by atoms with van der Waals surface area (Å²) < 4.78 is 51.8. The van der Waals surface area contributed by atoms with Gasteiger partial charge in [0.2, 0.25) is 5.96 Å². The van der Waals surface area contributed by atoms with Crippen molar-refractivity contribution in [2.75, 3.05) is 0 Å². The molecule has 0 spiro atoms. The number of nitrogens with one attached hydrogen (secondary N) is 2. The van der Waals surface area contributed by atoms with Gasteiger partial charge in [-0.3, -0.25) is 5.41 Å². The maximum Gasteiger partial charge on any atom is 0.417 e. The number of hydrogen-bond donors (Lipinski definition) is 3. The van der Waals surface area contributed by atoms with Gasteiger partial charge in [0.05, 0.1) is 5.56 Å². The van der Waals surface area contributed by atoms with Crippen molar-refractivity contribution in [3.63, 3.8) is 0 Å². The summed E-state index contributed by atoms with van der Waals surface area (Å²) in [6.45, 7) is 1.14. The third-order valence-electron chi connectivity index (χ3n) is 2.29. The van der Waals surface area contributed by atoms with E-state index in [9.17, 15) is 22.4 Å². The Morgan fingerprint density at radius 3 is 2.50 bits per heavy atom. The fourth-order valence-corrected chi connectivity index (χ4v) is 1.39. The van der Waals surface area contributed by atoms with Gasteiger partial charge in [0.25, 0.3) is 0 Å². The normalized spacial score (nSPS) is 11.4. The summed E-state index contributed by atoms with van der Waals surface area (Å²) in [5, 5.41) is 6.76. The summed E-state index contributed by atoms with van der Waals surface area (Å²) in [5.41, 5.74) is 4.30. The van der Waals surface area contributed by atoms with Crippen LogP contribution in [-0.4, -0.2) is 11.9 Å². The van der Waals surface area contributed by atoms with Crippen molar-refractivity contribution in [1.82, 2.24) is 5.48 Å². The Morgan fingerprint density at radius 2 is 2.00 bits per heavy atom. The lowest BCUT2D eigenvalue weighted by Crippen LogP contribution is -2.32. The standard InChI is InChI=1S/C12H11F4N3O2.ClH/c1-6(10(20)21-19-11(17)18)5-7-8(12(14,15)16)3-2-4-9(7)13;/h2-5H,1H3,(H4,17,18,19);1H/b6-5+;. The number of alkyl halides is 3. The molecule has 0 aliphatic heterocycles. The van der Waals surface area contributed by atoms with Crippen molar-refractivity contribution >= 4 is 30.4 Å². The van der Waals surface area contributed by atoms with Gasteiger partial charge in [0.1, 0.15) is 5.82 Å². The zero-order valence-electron chi connectivity index (χ0n) is 11.1. The number of carbonyl (C=O) groups excluding carboxylic acids is 1. The Balaban J connectivity index is 0.00000441. The molecule has 0 aromatic heterocycles. The van der Waals surface area contributed by atoms with E-state index >= 15 is 0 Å². The number of carbonyl (C=O) groups is 1. The van der Waals surface area contributed by atoms with Crippen LogP contribution in [-0.2, 0) is 15.8 Å². The van der Waals surface area contributed by atoms with Gasteiger partial charge < -0.3 is 10.6 Å². The van der Waals surface area contributed by atoms with Gasteiger partial charge in [-0.05, 0) is 25.1 Å². The van der Waals surface area contributed by atoms with Crippen LogP contribution in [0.15, 0.2) is 23.8 Å². The third kappa shape index (κ3) is 5.24. The molecule has 0 aliphatic carbocycles. The van der Waals surface area contributed by atoms with Crippen LogP contribution >= 0.6 is 12.4 Å². The van der Waals surface area contributed by atoms with Gasteiger partial charge in [-0.15, -0.1) is 12.4 Å². The predicted molar refractivity (Wildman–Crippen MR) is 73.4 cm³/mol. The van der Waals surface area contributed by atoms with E-state index in [1.165, 1.54) is 0 Å². The maximum absolute atomic E-state index is 13.6. The minimum atomic E-state index is -4.77. The van der Waals surface area contributed by atoms with E-state index in [2.05, 4.69) is 4.84 Å². The highest BCUT2D eigenvalue weighted by Crippen LogP contribution is 2.34. The first-order valence-electron chi connectivity index (χ1n) is 5.48. The summed E-state index contributed by atoms with van der Waals surface area (Å²) in [7, 11) is 0. The highest BCUT2D eigenvalue weighted by molar-refractivity contribution is 5.94. The van der Waals surface area contributed by atoms with E-state index in [1.807, 2.05) is 0 Å². The molecule has 1 rings (SSSR count). The van der Waals surface area contributed by atoms with E-state index in [1.54, 1.807) is 5.48 Å². The quantitative estimate of drug-likeness (QED) is 0.254. The molecule has 10 heteroatoms. The van der Waals surface area contributed by atoms with Crippen LogP contribution in [0.4, 0.5) is 17.6 Å². The summed E-state index contributed by atoms with van der Waals surface area (Å²) >= 11 is 0. The second-order valence-corrected chi connectivity index (χ2v) is 3.93. The first-order chi connectivity index (χ1) is 9.62. The first kappa shape index (κ1) is 19.7. The summed E-state index contributed by atoms with van der Waals surface area (Å²) in [4.78, 5) is 15.7. The lowest BCUT2D eigenvalue weighted by molar-refractivity contribution is -0.143. The van der Waals surface area contributed by atoms with Crippen molar-refractivity contribution in [1.29, 1.82) is 5.41 Å². The molecule has 0 unspecified atom stereocenters. The monoisotopic (exact) mass is 341 g/mol. The van der Waals surface area contributed by atoms with Crippen molar-refractivity contribution in [3.05, 3.63) is 40.7 Å². The predicted octanol–water partition coefficient (Wildman–Crippen LogP) is 2.61. The zero-order valence-corrected chi connectivity index (χ0v) is 11.9. The fraction of sp³-hybridized carbons (Fsp3) is 0.167. The molecule has 4 N–H and O–H groups in total. The molecule has 22 heavy (non-hydrogen) atoms. The average Bonchev–Trinajstić information content (AvgIpc) is 2.36. The van der Waals surface area contributed by atoms with E-state index in [-0.39, 0.29) is 18.0 Å². The Hall–Kier alpha value is -2.29. The smallest absolute Gasteiger partial charge is 0.368 e. The highest BCUT2D eigenvalue weighted by atomic mass is 35.5.